The van der Waals surface area contributed by atoms with Crippen LogP contribution in [0.5, 0.6) is 5.75 Å². The van der Waals surface area contributed by atoms with Crippen LogP contribution in [0.25, 0.3) is 10.6 Å². The van der Waals surface area contributed by atoms with Crippen molar-refractivity contribution in [3.8, 4) is 16.3 Å². The molecule has 0 saturated heterocycles. The van der Waals surface area contributed by atoms with E-state index in [-0.39, 0.29) is 0 Å². The zero-order chi connectivity index (χ0) is 12.3. The molecule has 1 aromatic carbocycles. The monoisotopic (exact) mass is 249 g/mol. The first kappa shape index (κ1) is 11.9. The molecule has 0 aliphatic carbocycles. The molecule has 0 fully saturated rings. The third-order valence-electron chi connectivity index (χ3n) is 2.17. The topological polar surface area (TPSA) is 47.0 Å². The molecule has 0 saturated carbocycles. The molecule has 0 amide bonds. The smallest absolute Gasteiger partial charge is 0.206 e. The summed E-state index contributed by atoms with van der Waals surface area (Å²) in [6.45, 7) is 4.16. The minimum absolute atomic E-state index is 0.367. The van der Waals surface area contributed by atoms with Gasteiger partial charge in [0.2, 0.25) is 5.13 Å². The van der Waals surface area contributed by atoms with Crippen molar-refractivity contribution in [2.24, 2.45) is 0 Å². The van der Waals surface area contributed by atoms with Crippen LogP contribution in [0.2, 0.25) is 0 Å². The quantitative estimate of drug-likeness (QED) is 0.904. The second-order valence-corrected chi connectivity index (χ2v) is 4.92. The van der Waals surface area contributed by atoms with E-state index in [1.807, 2.05) is 24.3 Å². The molecule has 2 aromatic rings. The molecule has 5 heteroatoms. The Hall–Kier alpha value is -1.62. The number of hydrogen-bond donors (Lipinski definition) is 1. The van der Waals surface area contributed by atoms with Crippen molar-refractivity contribution in [1.29, 1.82) is 0 Å². The molecule has 1 N–H and O–H groups in total. The number of rotatable bonds is 4. The van der Waals surface area contributed by atoms with Gasteiger partial charge in [0, 0.05) is 11.6 Å². The van der Waals surface area contributed by atoms with Gasteiger partial charge >= 0.3 is 0 Å². The lowest BCUT2D eigenvalue weighted by Crippen LogP contribution is -2.08. The number of aromatic nitrogens is 2. The van der Waals surface area contributed by atoms with Gasteiger partial charge in [0.25, 0.3) is 0 Å². The molecule has 2 rings (SSSR count). The Balaban J connectivity index is 2.18. The minimum atomic E-state index is 0.367. The van der Waals surface area contributed by atoms with Crippen LogP contribution in [-0.4, -0.2) is 23.3 Å². The number of nitrogens with zero attached hydrogens (tertiary/aromatic N) is 2. The summed E-state index contributed by atoms with van der Waals surface area (Å²) >= 11 is 1.55. The SMILES string of the molecule is COc1ccc(-c2nnc(NC(C)C)s2)cc1. The molecular weight excluding hydrogens is 234 g/mol. The Morgan fingerprint density at radius 1 is 1.18 bits per heavy atom. The van der Waals surface area contributed by atoms with Crippen LogP contribution in [0.15, 0.2) is 24.3 Å². The van der Waals surface area contributed by atoms with Crippen LogP contribution in [0.4, 0.5) is 5.13 Å². The highest BCUT2D eigenvalue weighted by Crippen LogP contribution is 2.27. The molecule has 0 bridgehead atoms. The highest BCUT2D eigenvalue weighted by molar-refractivity contribution is 7.18. The van der Waals surface area contributed by atoms with Gasteiger partial charge in [-0.2, -0.15) is 0 Å². The summed E-state index contributed by atoms with van der Waals surface area (Å²) in [6, 6.07) is 8.18. The van der Waals surface area contributed by atoms with Gasteiger partial charge in [0.15, 0.2) is 0 Å². The average molecular weight is 249 g/mol. The van der Waals surface area contributed by atoms with E-state index in [0.29, 0.717) is 6.04 Å². The molecule has 90 valence electrons. The first-order chi connectivity index (χ1) is 8.19. The summed E-state index contributed by atoms with van der Waals surface area (Å²) in [6.07, 6.45) is 0. The fraction of sp³-hybridized carbons (Fsp3) is 0.333. The average Bonchev–Trinajstić information content (AvgIpc) is 2.77. The maximum atomic E-state index is 5.12. The van der Waals surface area contributed by atoms with E-state index in [0.717, 1.165) is 21.5 Å². The fourth-order valence-electron chi connectivity index (χ4n) is 1.38. The highest BCUT2D eigenvalue weighted by atomic mass is 32.1. The van der Waals surface area contributed by atoms with E-state index in [2.05, 4.69) is 29.4 Å². The summed E-state index contributed by atoms with van der Waals surface area (Å²) in [5, 5.41) is 13.3. The van der Waals surface area contributed by atoms with Crippen molar-refractivity contribution in [3.05, 3.63) is 24.3 Å². The van der Waals surface area contributed by atoms with Crippen molar-refractivity contribution in [3.63, 3.8) is 0 Å². The fourth-order valence-corrected chi connectivity index (χ4v) is 2.27. The van der Waals surface area contributed by atoms with Crippen molar-refractivity contribution < 1.29 is 4.74 Å². The Bertz CT molecular complexity index is 479. The standard InChI is InChI=1S/C12H15N3OS/c1-8(2)13-12-15-14-11(17-12)9-4-6-10(16-3)7-5-9/h4-8H,1-3H3,(H,13,15). The predicted molar refractivity (Wildman–Crippen MR) is 70.7 cm³/mol. The van der Waals surface area contributed by atoms with Gasteiger partial charge in [-0.25, -0.2) is 0 Å². The lowest BCUT2D eigenvalue weighted by atomic mass is 10.2. The van der Waals surface area contributed by atoms with Crippen LogP contribution >= 0.6 is 11.3 Å². The van der Waals surface area contributed by atoms with E-state index < -0.39 is 0 Å². The Kier molecular flexibility index (Phi) is 3.58. The zero-order valence-electron chi connectivity index (χ0n) is 10.1. The molecule has 1 heterocycles. The first-order valence-corrected chi connectivity index (χ1v) is 6.25. The number of benzene rings is 1. The van der Waals surface area contributed by atoms with Crippen LogP contribution in [0.1, 0.15) is 13.8 Å². The van der Waals surface area contributed by atoms with Crippen LogP contribution in [0, 0.1) is 0 Å². The predicted octanol–water partition coefficient (Wildman–Crippen LogP) is 3.03. The summed E-state index contributed by atoms with van der Waals surface area (Å²) < 4.78 is 5.12. The van der Waals surface area contributed by atoms with Gasteiger partial charge in [-0.3, -0.25) is 0 Å². The summed E-state index contributed by atoms with van der Waals surface area (Å²) in [7, 11) is 1.66. The molecule has 4 nitrogen and oxygen atoms in total. The molecule has 17 heavy (non-hydrogen) atoms. The first-order valence-electron chi connectivity index (χ1n) is 5.43. The van der Waals surface area contributed by atoms with Crippen molar-refractivity contribution >= 4 is 16.5 Å². The van der Waals surface area contributed by atoms with Crippen molar-refractivity contribution in [2.45, 2.75) is 19.9 Å². The Morgan fingerprint density at radius 3 is 2.47 bits per heavy atom. The van der Waals surface area contributed by atoms with Gasteiger partial charge in [-0.15, -0.1) is 10.2 Å². The van der Waals surface area contributed by atoms with E-state index >= 15 is 0 Å². The van der Waals surface area contributed by atoms with E-state index in [1.165, 1.54) is 0 Å². The number of nitrogens with one attached hydrogen (secondary N) is 1. The van der Waals surface area contributed by atoms with Crippen molar-refractivity contribution in [1.82, 2.24) is 10.2 Å². The lowest BCUT2D eigenvalue weighted by molar-refractivity contribution is 0.415. The maximum Gasteiger partial charge on any atom is 0.206 e. The van der Waals surface area contributed by atoms with Crippen molar-refractivity contribution in [2.75, 3.05) is 12.4 Å². The molecule has 0 atom stereocenters. The van der Waals surface area contributed by atoms with E-state index in [1.54, 1.807) is 18.4 Å². The third kappa shape index (κ3) is 2.94. The Labute approximate surface area is 105 Å². The zero-order valence-corrected chi connectivity index (χ0v) is 10.9. The lowest BCUT2D eigenvalue weighted by Gasteiger charge is -2.03. The summed E-state index contributed by atoms with van der Waals surface area (Å²) in [5.41, 5.74) is 1.06. The number of ether oxygens (including phenoxy) is 1. The normalized spacial score (nSPS) is 10.6. The molecule has 0 radical (unpaired) electrons. The van der Waals surface area contributed by atoms with Crippen LogP contribution in [0.3, 0.4) is 0 Å². The minimum Gasteiger partial charge on any atom is -0.497 e. The summed E-state index contributed by atoms with van der Waals surface area (Å²) in [4.78, 5) is 0. The van der Waals surface area contributed by atoms with Gasteiger partial charge in [0.05, 0.1) is 7.11 Å². The molecule has 0 spiro atoms. The molecule has 1 aromatic heterocycles. The van der Waals surface area contributed by atoms with Crippen LogP contribution in [-0.2, 0) is 0 Å². The summed E-state index contributed by atoms with van der Waals surface area (Å²) in [5.74, 6) is 0.846. The largest absolute Gasteiger partial charge is 0.497 e. The molecule has 0 aliphatic rings. The van der Waals surface area contributed by atoms with Gasteiger partial charge in [0.1, 0.15) is 10.8 Å². The second kappa shape index (κ2) is 5.14. The Morgan fingerprint density at radius 2 is 1.88 bits per heavy atom. The van der Waals surface area contributed by atoms with Gasteiger partial charge in [-0.1, -0.05) is 11.3 Å². The van der Waals surface area contributed by atoms with Gasteiger partial charge in [-0.05, 0) is 38.1 Å². The molecule has 0 unspecified atom stereocenters. The number of anilines is 1. The van der Waals surface area contributed by atoms with E-state index in [9.17, 15) is 0 Å². The maximum absolute atomic E-state index is 5.12. The van der Waals surface area contributed by atoms with Gasteiger partial charge < -0.3 is 10.1 Å². The van der Waals surface area contributed by atoms with E-state index in [4.69, 9.17) is 4.74 Å². The highest BCUT2D eigenvalue weighted by Gasteiger charge is 2.07. The molecular formula is C12H15N3OS. The third-order valence-corrected chi connectivity index (χ3v) is 3.08. The number of hydrogen-bond acceptors (Lipinski definition) is 5. The van der Waals surface area contributed by atoms with Crippen LogP contribution < -0.4 is 10.1 Å². The second-order valence-electron chi connectivity index (χ2n) is 3.94. The number of methoxy groups -OCH3 is 1. The molecule has 0 aliphatic heterocycles.